The third-order valence-corrected chi connectivity index (χ3v) is 2.43. The largest absolute Gasteiger partial charge is 0.480 e. The zero-order chi connectivity index (χ0) is 14.2. The third kappa shape index (κ3) is 8.30. The molecule has 0 saturated carbocycles. The molecule has 0 aromatic heterocycles. The molecule has 0 fully saturated rings. The van der Waals surface area contributed by atoms with E-state index in [0.717, 1.165) is 0 Å². The van der Waals surface area contributed by atoms with Gasteiger partial charge in [0.25, 0.3) is 0 Å². The first-order chi connectivity index (χ1) is 8.30. The maximum absolute atomic E-state index is 12.3. The first kappa shape index (κ1) is 17.2. The summed E-state index contributed by atoms with van der Waals surface area (Å²) < 4.78 is 36.9. The highest BCUT2D eigenvalue weighted by molar-refractivity contribution is 5.73. The van der Waals surface area contributed by atoms with Crippen LogP contribution < -0.4 is 5.32 Å². The zero-order valence-electron chi connectivity index (χ0n) is 10.8. The Morgan fingerprint density at radius 2 is 1.94 bits per heavy atom. The zero-order valence-corrected chi connectivity index (χ0v) is 10.8. The van der Waals surface area contributed by atoms with Crippen LogP contribution in [0.5, 0.6) is 0 Å². The Morgan fingerprint density at radius 3 is 2.33 bits per heavy atom. The lowest BCUT2D eigenvalue weighted by molar-refractivity contribution is -0.146. The van der Waals surface area contributed by atoms with Crippen molar-refractivity contribution in [1.29, 1.82) is 0 Å². The summed E-state index contributed by atoms with van der Waals surface area (Å²) in [7, 11) is 0. The van der Waals surface area contributed by atoms with Crippen molar-refractivity contribution < 1.29 is 23.1 Å². The highest BCUT2D eigenvalue weighted by atomic mass is 19.4. The lowest BCUT2D eigenvalue weighted by atomic mass is 10.2. The van der Waals surface area contributed by atoms with Crippen LogP contribution in [0.2, 0.25) is 0 Å². The molecule has 0 amide bonds. The number of rotatable bonds is 9. The van der Waals surface area contributed by atoms with Crippen molar-refractivity contribution in [2.24, 2.45) is 0 Å². The summed E-state index contributed by atoms with van der Waals surface area (Å²) in [4.78, 5) is 12.1. The van der Waals surface area contributed by atoms with Gasteiger partial charge in [-0.1, -0.05) is 13.8 Å². The number of carbonyl (C=O) groups is 1. The molecule has 0 aromatic rings. The predicted octanol–water partition coefficient (Wildman–Crippen LogP) is 1.71. The van der Waals surface area contributed by atoms with Gasteiger partial charge in [-0.2, -0.15) is 13.2 Å². The standard InChI is InChI=1S/C11H21F3N2O2/c1-3-6-16(8-11(12,13)14)7-5-9(10(17)18)15-4-2/h9,15H,3-8H2,1-2H3,(H,17,18). The van der Waals surface area contributed by atoms with Gasteiger partial charge in [0.2, 0.25) is 0 Å². The van der Waals surface area contributed by atoms with Crippen molar-refractivity contribution in [1.82, 2.24) is 10.2 Å². The first-order valence-corrected chi connectivity index (χ1v) is 6.05. The molecule has 0 aliphatic rings. The van der Waals surface area contributed by atoms with Crippen LogP contribution in [0.25, 0.3) is 0 Å². The Morgan fingerprint density at radius 1 is 1.33 bits per heavy atom. The van der Waals surface area contributed by atoms with E-state index in [4.69, 9.17) is 5.11 Å². The van der Waals surface area contributed by atoms with Gasteiger partial charge in [-0.3, -0.25) is 9.69 Å². The highest BCUT2D eigenvalue weighted by Gasteiger charge is 2.30. The quantitative estimate of drug-likeness (QED) is 0.670. The van der Waals surface area contributed by atoms with Gasteiger partial charge < -0.3 is 10.4 Å². The van der Waals surface area contributed by atoms with E-state index in [-0.39, 0.29) is 13.0 Å². The smallest absolute Gasteiger partial charge is 0.401 e. The summed E-state index contributed by atoms with van der Waals surface area (Å²) >= 11 is 0. The summed E-state index contributed by atoms with van der Waals surface area (Å²) in [5.41, 5.74) is 0. The molecule has 0 rings (SSSR count). The van der Waals surface area contributed by atoms with Crippen LogP contribution in [-0.2, 0) is 4.79 Å². The summed E-state index contributed by atoms with van der Waals surface area (Å²) in [6.07, 6.45) is -3.47. The van der Waals surface area contributed by atoms with Gasteiger partial charge >= 0.3 is 12.1 Å². The highest BCUT2D eigenvalue weighted by Crippen LogP contribution is 2.17. The fourth-order valence-electron chi connectivity index (χ4n) is 1.71. The number of nitrogens with one attached hydrogen (secondary N) is 1. The number of nitrogens with zero attached hydrogens (tertiary/aromatic N) is 1. The van der Waals surface area contributed by atoms with E-state index in [9.17, 15) is 18.0 Å². The van der Waals surface area contributed by atoms with E-state index in [2.05, 4.69) is 5.32 Å². The first-order valence-electron chi connectivity index (χ1n) is 6.05. The SMILES string of the molecule is CCCN(CCC(NCC)C(=O)O)CC(F)(F)F. The van der Waals surface area contributed by atoms with Crippen molar-refractivity contribution in [3.8, 4) is 0 Å². The van der Waals surface area contributed by atoms with E-state index in [0.29, 0.717) is 19.5 Å². The van der Waals surface area contributed by atoms with E-state index in [1.807, 2.05) is 0 Å². The van der Waals surface area contributed by atoms with E-state index < -0.39 is 24.7 Å². The normalized spacial score (nSPS) is 13.9. The van der Waals surface area contributed by atoms with Crippen molar-refractivity contribution >= 4 is 5.97 Å². The lowest BCUT2D eigenvalue weighted by Crippen LogP contribution is -2.42. The van der Waals surface area contributed by atoms with Gasteiger partial charge in [-0.15, -0.1) is 0 Å². The number of alkyl halides is 3. The Labute approximate surface area is 105 Å². The number of carboxylic acids is 1. The Bertz CT molecular complexity index is 247. The van der Waals surface area contributed by atoms with Gasteiger partial charge in [0, 0.05) is 6.54 Å². The molecule has 108 valence electrons. The van der Waals surface area contributed by atoms with Gasteiger partial charge in [0.05, 0.1) is 6.54 Å². The Balaban J connectivity index is 4.27. The second-order valence-electron chi connectivity index (χ2n) is 4.13. The number of likely N-dealkylation sites (N-methyl/N-ethyl adjacent to an activating group) is 1. The Hall–Kier alpha value is -0.820. The van der Waals surface area contributed by atoms with Gasteiger partial charge in [-0.25, -0.2) is 0 Å². The van der Waals surface area contributed by atoms with Crippen molar-refractivity contribution in [2.75, 3.05) is 26.2 Å². The molecule has 2 N–H and O–H groups in total. The number of hydrogen-bond acceptors (Lipinski definition) is 3. The van der Waals surface area contributed by atoms with Crippen LogP contribution in [0.1, 0.15) is 26.7 Å². The van der Waals surface area contributed by atoms with E-state index in [1.54, 1.807) is 13.8 Å². The fourth-order valence-corrected chi connectivity index (χ4v) is 1.71. The van der Waals surface area contributed by atoms with E-state index in [1.165, 1.54) is 4.90 Å². The minimum atomic E-state index is -4.24. The molecule has 0 aliphatic heterocycles. The van der Waals surface area contributed by atoms with Crippen LogP contribution in [0.3, 0.4) is 0 Å². The fraction of sp³-hybridized carbons (Fsp3) is 0.909. The molecule has 7 heteroatoms. The predicted molar refractivity (Wildman–Crippen MR) is 62.5 cm³/mol. The number of carboxylic acid groups (broad SMARTS) is 1. The molecule has 0 spiro atoms. The molecular weight excluding hydrogens is 249 g/mol. The minimum Gasteiger partial charge on any atom is -0.480 e. The van der Waals surface area contributed by atoms with Crippen molar-refractivity contribution in [3.63, 3.8) is 0 Å². The van der Waals surface area contributed by atoms with Crippen LogP contribution >= 0.6 is 0 Å². The second-order valence-corrected chi connectivity index (χ2v) is 4.13. The summed E-state index contributed by atoms with van der Waals surface area (Å²) in [6, 6.07) is -0.789. The molecule has 0 saturated heterocycles. The van der Waals surface area contributed by atoms with Crippen LogP contribution in [0, 0.1) is 0 Å². The average Bonchev–Trinajstić information content (AvgIpc) is 2.21. The monoisotopic (exact) mass is 270 g/mol. The lowest BCUT2D eigenvalue weighted by Gasteiger charge is -2.24. The minimum absolute atomic E-state index is 0.122. The average molecular weight is 270 g/mol. The van der Waals surface area contributed by atoms with Gasteiger partial charge in [0.15, 0.2) is 0 Å². The molecule has 1 unspecified atom stereocenters. The molecule has 0 bridgehead atoms. The van der Waals surface area contributed by atoms with E-state index >= 15 is 0 Å². The number of aliphatic carboxylic acids is 1. The number of halogens is 3. The summed E-state index contributed by atoms with van der Waals surface area (Å²) in [6.45, 7) is 3.48. The van der Waals surface area contributed by atoms with Crippen LogP contribution in [0.15, 0.2) is 0 Å². The topological polar surface area (TPSA) is 52.6 Å². The maximum Gasteiger partial charge on any atom is 0.401 e. The molecule has 0 heterocycles. The number of hydrogen-bond donors (Lipinski definition) is 2. The van der Waals surface area contributed by atoms with Crippen molar-refractivity contribution in [2.45, 2.75) is 38.9 Å². The third-order valence-electron chi connectivity index (χ3n) is 2.43. The van der Waals surface area contributed by atoms with Gasteiger partial charge in [-0.05, 0) is 25.9 Å². The molecule has 18 heavy (non-hydrogen) atoms. The summed E-state index contributed by atoms with van der Waals surface area (Å²) in [5.74, 6) is -1.03. The van der Waals surface area contributed by atoms with Crippen LogP contribution in [0.4, 0.5) is 13.2 Å². The van der Waals surface area contributed by atoms with Gasteiger partial charge in [0.1, 0.15) is 6.04 Å². The van der Waals surface area contributed by atoms with Crippen LogP contribution in [-0.4, -0.2) is 54.4 Å². The molecule has 0 aromatic carbocycles. The molecule has 0 aliphatic carbocycles. The molecule has 1 atom stereocenters. The second kappa shape index (κ2) is 8.31. The van der Waals surface area contributed by atoms with Crippen molar-refractivity contribution in [3.05, 3.63) is 0 Å². The maximum atomic E-state index is 12.3. The molecule has 0 radical (unpaired) electrons. The molecule has 4 nitrogen and oxygen atoms in total. The Kier molecular flexibility index (Phi) is 7.93. The summed E-state index contributed by atoms with van der Waals surface area (Å²) in [5, 5.41) is 11.6. The molecular formula is C11H21F3N2O2.